The number of halogens is 1. The number of hydrogen-bond donors (Lipinski definition) is 2. The highest BCUT2D eigenvalue weighted by Gasteiger charge is 2.29. The number of carbonyl (C=O) groups excluding carboxylic acids is 1. The first-order valence-electron chi connectivity index (χ1n) is 10.1. The Kier molecular flexibility index (Phi) is 9.71. The number of guanidine groups is 1. The number of amides is 1. The van der Waals surface area contributed by atoms with Gasteiger partial charge in [-0.3, -0.25) is 4.99 Å². The highest BCUT2D eigenvalue weighted by atomic mass is 127. The topological polar surface area (TPSA) is 75.2 Å². The summed E-state index contributed by atoms with van der Waals surface area (Å²) in [6, 6.07) is 8.20. The molecule has 1 saturated heterocycles. The van der Waals surface area contributed by atoms with Gasteiger partial charge in [0.1, 0.15) is 11.4 Å². The zero-order chi connectivity index (χ0) is 21.7. The van der Waals surface area contributed by atoms with E-state index in [1.165, 1.54) is 5.56 Å². The molecule has 30 heavy (non-hydrogen) atoms. The lowest BCUT2D eigenvalue weighted by Crippen LogP contribution is -2.46. The van der Waals surface area contributed by atoms with E-state index in [1.54, 1.807) is 14.2 Å². The van der Waals surface area contributed by atoms with Crippen LogP contribution in [-0.4, -0.2) is 62.4 Å². The zero-order valence-corrected chi connectivity index (χ0v) is 21.6. The third-order valence-corrected chi connectivity index (χ3v) is 4.96. The van der Waals surface area contributed by atoms with Crippen LogP contribution in [0.1, 0.15) is 46.6 Å². The molecule has 0 aliphatic carbocycles. The van der Waals surface area contributed by atoms with Crippen LogP contribution < -0.4 is 15.4 Å². The van der Waals surface area contributed by atoms with Crippen molar-refractivity contribution in [2.24, 2.45) is 4.99 Å². The molecule has 2 N–H and O–H groups in total. The van der Waals surface area contributed by atoms with E-state index in [4.69, 9.17) is 9.47 Å². The van der Waals surface area contributed by atoms with Crippen LogP contribution in [0, 0.1) is 0 Å². The molecule has 1 aliphatic rings. The molecule has 1 heterocycles. The molecule has 0 radical (unpaired) electrons. The summed E-state index contributed by atoms with van der Waals surface area (Å²) in [4.78, 5) is 18.6. The normalized spacial score (nSPS) is 17.2. The van der Waals surface area contributed by atoms with Gasteiger partial charge in [0, 0.05) is 32.1 Å². The van der Waals surface area contributed by atoms with E-state index >= 15 is 0 Å². The molecule has 1 aromatic rings. The number of alkyl carbamates (subject to hydrolysis) is 1. The molecule has 0 bridgehead atoms. The molecule has 1 aliphatic heterocycles. The van der Waals surface area contributed by atoms with Gasteiger partial charge in [-0.1, -0.05) is 26.0 Å². The van der Waals surface area contributed by atoms with Crippen molar-refractivity contribution >= 4 is 36.0 Å². The van der Waals surface area contributed by atoms with Crippen molar-refractivity contribution in [1.82, 2.24) is 15.5 Å². The molecule has 2 rings (SSSR count). The fourth-order valence-corrected chi connectivity index (χ4v) is 3.32. The average molecular weight is 532 g/mol. The van der Waals surface area contributed by atoms with Crippen molar-refractivity contribution in [2.75, 3.05) is 33.8 Å². The molecule has 1 unspecified atom stereocenters. The van der Waals surface area contributed by atoms with Crippen molar-refractivity contribution in [3.05, 3.63) is 29.8 Å². The standard InChI is InChI=1S/C22H36N4O3.HI/c1-21(2,3)29-20(27)25-17-11-12-26(14-17)19(23-6)24-15-22(4,5)16-9-8-10-18(13-16)28-7;/h8-10,13,17H,11-12,14-15H2,1-7H3,(H,23,24)(H,25,27);1H. The molecular weight excluding hydrogens is 495 g/mol. The van der Waals surface area contributed by atoms with Crippen LogP contribution in [0.25, 0.3) is 0 Å². The molecule has 0 saturated carbocycles. The number of aliphatic imine (C=N–C) groups is 1. The summed E-state index contributed by atoms with van der Waals surface area (Å²) < 4.78 is 10.7. The van der Waals surface area contributed by atoms with Gasteiger partial charge < -0.3 is 25.0 Å². The second-order valence-electron chi connectivity index (χ2n) is 9.09. The van der Waals surface area contributed by atoms with Gasteiger partial charge in [0.2, 0.25) is 0 Å². The summed E-state index contributed by atoms with van der Waals surface area (Å²) in [6.45, 7) is 12.2. The fraction of sp³-hybridized carbons (Fsp3) is 0.636. The Morgan fingerprint density at radius 1 is 1.27 bits per heavy atom. The van der Waals surface area contributed by atoms with Gasteiger partial charge in [0.25, 0.3) is 0 Å². The molecule has 1 aromatic carbocycles. The van der Waals surface area contributed by atoms with Gasteiger partial charge in [-0.15, -0.1) is 24.0 Å². The summed E-state index contributed by atoms with van der Waals surface area (Å²) >= 11 is 0. The number of ether oxygens (including phenoxy) is 2. The van der Waals surface area contributed by atoms with E-state index in [-0.39, 0.29) is 41.5 Å². The van der Waals surface area contributed by atoms with Gasteiger partial charge >= 0.3 is 6.09 Å². The number of likely N-dealkylation sites (tertiary alicyclic amines) is 1. The summed E-state index contributed by atoms with van der Waals surface area (Å²) in [6.07, 6.45) is 0.491. The van der Waals surface area contributed by atoms with Crippen LogP contribution in [0.15, 0.2) is 29.3 Å². The molecule has 8 heteroatoms. The monoisotopic (exact) mass is 532 g/mol. The summed E-state index contributed by atoms with van der Waals surface area (Å²) in [5.41, 5.74) is 0.607. The number of rotatable bonds is 5. The van der Waals surface area contributed by atoms with Crippen LogP contribution >= 0.6 is 24.0 Å². The van der Waals surface area contributed by atoms with Crippen LogP contribution in [0.4, 0.5) is 4.79 Å². The first kappa shape index (κ1) is 26.3. The van der Waals surface area contributed by atoms with Crippen molar-refractivity contribution in [3.8, 4) is 5.75 Å². The quantitative estimate of drug-likeness (QED) is 0.343. The Bertz CT molecular complexity index is 731. The summed E-state index contributed by atoms with van der Waals surface area (Å²) in [7, 11) is 3.47. The lowest BCUT2D eigenvalue weighted by molar-refractivity contribution is 0.0507. The maximum absolute atomic E-state index is 12.0. The van der Waals surface area contributed by atoms with Gasteiger partial charge in [0.05, 0.1) is 13.2 Å². The second-order valence-corrected chi connectivity index (χ2v) is 9.09. The number of nitrogens with one attached hydrogen (secondary N) is 2. The van der Waals surface area contributed by atoms with E-state index in [0.29, 0.717) is 6.54 Å². The Hall–Kier alpha value is -1.71. The average Bonchev–Trinajstić information content (AvgIpc) is 3.08. The van der Waals surface area contributed by atoms with Crippen LogP contribution in [0.3, 0.4) is 0 Å². The number of methoxy groups -OCH3 is 1. The third kappa shape index (κ3) is 7.85. The molecule has 1 fully saturated rings. The van der Waals surface area contributed by atoms with Gasteiger partial charge in [0.15, 0.2) is 5.96 Å². The summed E-state index contributed by atoms with van der Waals surface area (Å²) in [5, 5.41) is 6.45. The first-order chi connectivity index (χ1) is 13.5. The summed E-state index contributed by atoms with van der Waals surface area (Å²) in [5.74, 6) is 1.70. The Morgan fingerprint density at radius 2 is 1.97 bits per heavy atom. The van der Waals surface area contributed by atoms with Crippen LogP contribution in [0.5, 0.6) is 5.75 Å². The minimum Gasteiger partial charge on any atom is -0.497 e. The van der Waals surface area contributed by atoms with E-state index in [0.717, 1.165) is 31.2 Å². The molecule has 170 valence electrons. The zero-order valence-electron chi connectivity index (χ0n) is 19.2. The molecule has 1 amide bonds. The number of carbonyl (C=O) groups is 1. The van der Waals surface area contributed by atoms with E-state index in [2.05, 4.69) is 46.5 Å². The van der Waals surface area contributed by atoms with E-state index < -0.39 is 5.60 Å². The third-order valence-electron chi connectivity index (χ3n) is 4.96. The van der Waals surface area contributed by atoms with Gasteiger partial charge in [-0.2, -0.15) is 0 Å². The minimum absolute atomic E-state index is 0. The minimum atomic E-state index is -0.494. The lowest BCUT2D eigenvalue weighted by Gasteiger charge is -2.29. The first-order valence-corrected chi connectivity index (χ1v) is 10.1. The molecular formula is C22H37IN4O3. The smallest absolute Gasteiger partial charge is 0.407 e. The van der Waals surface area contributed by atoms with Gasteiger partial charge in [-0.05, 0) is 44.9 Å². The lowest BCUT2D eigenvalue weighted by atomic mass is 9.84. The largest absolute Gasteiger partial charge is 0.497 e. The van der Waals surface area contributed by atoms with Crippen molar-refractivity contribution in [3.63, 3.8) is 0 Å². The molecule has 7 nitrogen and oxygen atoms in total. The number of nitrogens with zero attached hydrogens (tertiary/aromatic N) is 2. The molecule has 1 atom stereocenters. The second kappa shape index (κ2) is 11.1. The van der Waals surface area contributed by atoms with E-state index in [1.807, 2.05) is 32.9 Å². The highest BCUT2D eigenvalue weighted by Crippen LogP contribution is 2.26. The van der Waals surface area contributed by atoms with Crippen LogP contribution in [0.2, 0.25) is 0 Å². The fourth-order valence-electron chi connectivity index (χ4n) is 3.32. The number of hydrogen-bond acceptors (Lipinski definition) is 4. The van der Waals surface area contributed by atoms with Crippen molar-refractivity contribution in [2.45, 2.75) is 58.1 Å². The Labute approximate surface area is 198 Å². The van der Waals surface area contributed by atoms with E-state index in [9.17, 15) is 4.79 Å². The predicted molar refractivity (Wildman–Crippen MR) is 132 cm³/mol. The number of benzene rings is 1. The molecule has 0 spiro atoms. The van der Waals surface area contributed by atoms with Crippen LogP contribution in [-0.2, 0) is 10.2 Å². The SMILES string of the molecule is CN=C(NCC(C)(C)c1cccc(OC)c1)N1CCC(NC(=O)OC(C)(C)C)C1.I. The maximum Gasteiger partial charge on any atom is 0.407 e. The maximum atomic E-state index is 12.0. The molecule has 0 aromatic heterocycles. The van der Waals surface area contributed by atoms with Crippen molar-refractivity contribution < 1.29 is 14.3 Å². The highest BCUT2D eigenvalue weighted by molar-refractivity contribution is 14.0. The Morgan fingerprint density at radius 3 is 2.57 bits per heavy atom. The predicted octanol–water partition coefficient (Wildman–Crippen LogP) is 3.77. The van der Waals surface area contributed by atoms with Gasteiger partial charge in [-0.25, -0.2) is 4.79 Å². The van der Waals surface area contributed by atoms with Crippen molar-refractivity contribution in [1.29, 1.82) is 0 Å². The Balaban J connectivity index is 0.00000450.